The summed E-state index contributed by atoms with van der Waals surface area (Å²) >= 11 is 0. The van der Waals surface area contributed by atoms with E-state index in [1.165, 1.54) is 29.9 Å². The number of hydrogen-bond acceptors (Lipinski definition) is 5. The molecular weight excluding hydrogens is 381 g/mol. The first-order valence-corrected chi connectivity index (χ1v) is 10.6. The van der Waals surface area contributed by atoms with Gasteiger partial charge in [0.15, 0.2) is 5.75 Å². The Balaban J connectivity index is 1.40. The maximum absolute atomic E-state index is 14.1. The van der Waals surface area contributed by atoms with Gasteiger partial charge in [-0.1, -0.05) is 12.1 Å². The van der Waals surface area contributed by atoms with Crippen LogP contribution in [0.25, 0.3) is 16.9 Å². The number of para-hydroxylation sites is 1. The van der Waals surface area contributed by atoms with Gasteiger partial charge >= 0.3 is 0 Å². The van der Waals surface area contributed by atoms with E-state index in [0.29, 0.717) is 35.7 Å². The molecule has 0 spiro atoms. The van der Waals surface area contributed by atoms with E-state index >= 15 is 0 Å². The van der Waals surface area contributed by atoms with Crippen LogP contribution in [0.5, 0.6) is 5.75 Å². The first-order valence-electron chi connectivity index (χ1n) is 10.6. The van der Waals surface area contributed by atoms with E-state index in [1.807, 2.05) is 0 Å². The first-order chi connectivity index (χ1) is 14.6. The second kappa shape index (κ2) is 9.34. The van der Waals surface area contributed by atoms with E-state index in [2.05, 4.69) is 33.8 Å². The molecule has 1 aliphatic heterocycles. The van der Waals surface area contributed by atoms with Crippen molar-refractivity contribution in [3.05, 3.63) is 55.0 Å². The van der Waals surface area contributed by atoms with E-state index in [1.54, 1.807) is 36.8 Å². The fraction of sp³-hybridized carbons (Fsp3) is 0.435. The molecule has 0 aliphatic carbocycles. The lowest BCUT2D eigenvalue weighted by molar-refractivity contribution is 0.135. The molecule has 4 rings (SSSR count). The number of halogens is 1. The van der Waals surface area contributed by atoms with Gasteiger partial charge in [0, 0.05) is 17.8 Å². The van der Waals surface area contributed by atoms with Crippen LogP contribution in [0.2, 0.25) is 0 Å². The normalized spacial score (nSPS) is 15.6. The number of likely N-dealkylation sites (tertiary alicyclic amines) is 1. The molecule has 0 radical (unpaired) electrons. The van der Waals surface area contributed by atoms with E-state index < -0.39 is 0 Å². The van der Waals surface area contributed by atoms with Crippen molar-refractivity contribution < 1.29 is 9.13 Å². The van der Waals surface area contributed by atoms with Crippen LogP contribution in [-0.4, -0.2) is 50.4 Å². The van der Waals surface area contributed by atoms with E-state index in [-0.39, 0.29) is 5.82 Å². The van der Waals surface area contributed by atoms with E-state index in [9.17, 15) is 4.39 Å². The average molecular weight is 410 g/mol. The third-order valence-corrected chi connectivity index (χ3v) is 5.80. The predicted octanol–water partition coefficient (Wildman–Crippen LogP) is 4.36. The fourth-order valence-corrected chi connectivity index (χ4v) is 3.95. The van der Waals surface area contributed by atoms with Gasteiger partial charge in [-0.15, -0.1) is 0 Å². The van der Waals surface area contributed by atoms with Crippen LogP contribution in [0.3, 0.4) is 0 Å². The lowest BCUT2D eigenvalue weighted by Crippen LogP contribution is -2.38. The van der Waals surface area contributed by atoms with Gasteiger partial charge in [0.1, 0.15) is 23.5 Å². The third-order valence-electron chi connectivity index (χ3n) is 5.80. The van der Waals surface area contributed by atoms with Crippen LogP contribution in [-0.2, 0) is 0 Å². The highest BCUT2D eigenvalue weighted by molar-refractivity contribution is 5.64. The Labute approximate surface area is 176 Å². The minimum Gasteiger partial charge on any atom is -0.490 e. The van der Waals surface area contributed by atoms with Gasteiger partial charge in [-0.25, -0.2) is 19.0 Å². The zero-order valence-corrected chi connectivity index (χ0v) is 17.5. The Morgan fingerprint density at radius 1 is 1.17 bits per heavy atom. The maximum Gasteiger partial charge on any atom is 0.163 e. The topological polar surface area (TPSA) is 56.1 Å². The molecule has 0 saturated carbocycles. The molecule has 30 heavy (non-hydrogen) atoms. The van der Waals surface area contributed by atoms with Gasteiger partial charge in [0.2, 0.25) is 0 Å². The summed E-state index contributed by atoms with van der Waals surface area (Å²) in [7, 11) is 0. The van der Waals surface area contributed by atoms with Gasteiger partial charge in [-0.3, -0.25) is 0 Å². The Morgan fingerprint density at radius 2 is 1.97 bits per heavy atom. The zero-order valence-electron chi connectivity index (χ0n) is 17.5. The number of ether oxygens (including phenoxy) is 1. The Morgan fingerprint density at radius 3 is 2.73 bits per heavy atom. The molecule has 1 aliphatic rings. The number of benzene rings is 1. The molecule has 2 aromatic heterocycles. The molecule has 0 amide bonds. The standard InChI is InChI=1S/C23H28FN5O/c1-17(2)28-10-7-18(8-11-28)9-12-30-22-14-25-16-26-23(22)19-13-27-29(15-19)21-6-4-3-5-20(21)24/h3-6,13-18H,7-12H2,1-2H3. The Hall–Kier alpha value is -2.80. The summed E-state index contributed by atoms with van der Waals surface area (Å²) in [6.45, 7) is 7.48. The smallest absolute Gasteiger partial charge is 0.163 e. The summed E-state index contributed by atoms with van der Waals surface area (Å²) in [5.41, 5.74) is 1.83. The summed E-state index contributed by atoms with van der Waals surface area (Å²) < 4.78 is 21.6. The van der Waals surface area contributed by atoms with Crippen LogP contribution in [0.1, 0.15) is 33.1 Å². The van der Waals surface area contributed by atoms with Crippen molar-refractivity contribution in [1.29, 1.82) is 0 Å². The number of piperidine rings is 1. The maximum atomic E-state index is 14.1. The van der Waals surface area contributed by atoms with Gasteiger partial charge in [-0.2, -0.15) is 5.10 Å². The second-order valence-corrected chi connectivity index (χ2v) is 8.07. The van der Waals surface area contributed by atoms with Crippen molar-refractivity contribution in [3.63, 3.8) is 0 Å². The molecule has 1 saturated heterocycles. The lowest BCUT2D eigenvalue weighted by Gasteiger charge is -2.34. The average Bonchev–Trinajstić information content (AvgIpc) is 3.24. The van der Waals surface area contributed by atoms with Crippen LogP contribution >= 0.6 is 0 Å². The van der Waals surface area contributed by atoms with Gasteiger partial charge in [0.25, 0.3) is 0 Å². The highest BCUT2D eigenvalue weighted by atomic mass is 19.1. The number of rotatable bonds is 7. The number of nitrogens with zero attached hydrogens (tertiary/aromatic N) is 5. The summed E-state index contributed by atoms with van der Waals surface area (Å²) in [6, 6.07) is 7.17. The Bertz CT molecular complexity index is 965. The third kappa shape index (κ3) is 4.67. The van der Waals surface area contributed by atoms with Crippen molar-refractivity contribution in [2.24, 2.45) is 5.92 Å². The molecule has 3 heterocycles. The molecule has 1 fully saturated rings. The van der Waals surface area contributed by atoms with Gasteiger partial charge < -0.3 is 9.64 Å². The monoisotopic (exact) mass is 409 g/mol. The zero-order chi connectivity index (χ0) is 20.9. The van der Waals surface area contributed by atoms with Crippen molar-refractivity contribution in [2.45, 2.75) is 39.2 Å². The molecule has 7 heteroatoms. The summed E-state index contributed by atoms with van der Waals surface area (Å²) in [5, 5.41) is 4.30. The van der Waals surface area contributed by atoms with Crippen LogP contribution < -0.4 is 4.74 Å². The minimum absolute atomic E-state index is 0.324. The van der Waals surface area contributed by atoms with Gasteiger partial charge in [-0.05, 0) is 64.3 Å². The highest BCUT2D eigenvalue weighted by Gasteiger charge is 2.21. The van der Waals surface area contributed by atoms with E-state index in [4.69, 9.17) is 4.74 Å². The van der Waals surface area contributed by atoms with Crippen molar-refractivity contribution in [3.8, 4) is 22.7 Å². The first kappa shape index (κ1) is 20.5. The molecule has 6 nitrogen and oxygen atoms in total. The molecule has 3 aromatic rings. The molecule has 0 unspecified atom stereocenters. The van der Waals surface area contributed by atoms with Crippen LogP contribution in [0.15, 0.2) is 49.2 Å². The van der Waals surface area contributed by atoms with Gasteiger partial charge in [0.05, 0.1) is 19.0 Å². The molecule has 1 aromatic carbocycles. The minimum atomic E-state index is -0.324. The predicted molar refractivity (Wildman–Crippen MR) is 114 cm³/mol. The Kier molecular flexibility index (Phi) is 6.38. The van der Waals surface area contributed by atoms with Crippen molar-refractivity contribution in [1.82, 2.24) is 24.6 Å². The van der Waals surface area contributed by atoms with Crippen molar-refractivity contribution >= 4 is 0 Å². The van der Waals surface area contributed by atoms with Crippen LogP contribution in [0.4, 0.5) is 4.39 Å². The quantitative estimate of drug-likeness (QED) is 0.580. The number of aromatic nitrogens is 4. The summed E-state index contributed by atoms with van der Waals surface area (Å²) in [5.74, 6) is 0.997. The summed E-state index contributed by atoms with van der Waals surface area (Å²) in [6.07, 6.45) is 10.1. The molecule has 0 N–H and O–H groups in total. The lowest BCUT2D eigenvalue weighted by atomic mass is 9.93. The number of hydrogen-bond donors (Lipinski definition) is 0. The summed E-state index contributed by atoms with van der Waals surface area (Å²) in [4.78, 5) is 11.0. The molecule has 0 atom stereocenters. The SMILES string of the molecule is CC(C)N1CCC(CCOc2cncnc2-c2cnn(-c3ccccc3F)c2)CC1. The van der Waals surface area contributed by atoms with E-state index in [0.717, 1.165) is 25.1 Å². The second-order valence-electron chi connectivity index (χ2n) is 8.07. The highest BCUT2D eigenvalue weighted by Crippen LogP contribution is 2.28. The van der Waals surface area contributed by atoms with Crippen LogP contribution in [0, 0.1) is 11.7 Å². The molecule has 158 valence electrons. The molecular formula is C23H28FN5O. The molecule has 0 bridgehead atoms. The largest absolute Gasteiger partial charge is 0.490 e. The van der Waals surface area contributed by atoms with Crippen molar-refractivity contribution in [2.75, 3.05) is 19.7 Å². The fourth-order valence-electron chi connectivity index (χ4n) is 3.95.